The molecule has 4 atom stereocenters. The normalized spacial score (nSPS) is 28.6. The Bertz CT molecular complexity index is 744. The summed E-state index contributed by atoms with van der Waals surface area (Å²) in [4.78, 5) is 1.07. The first-order valence-corrected chi connectivity index (χ1v) is 9.14. The van der Waals surface area contributed by atoms with Crippen molar-refractivity contribution < 1.29 is 19.3 Å². The van der Waals surface area contributed by atoms with E-state index in [1.807, 2.05) is 42.5 Å². The molecule has 0 aromatic heterocycles. The first-order valence-electron chi connectivity index (χ1n) is 8.32. The zero-order chi connectivity index (χ0) is 17.2. The minimum absolute atomic E-state index is 0.312. The molecule has 2 aliphatic heterocycles. The Morgan fingerprint density at radius 3 is 2.56 bits per heavy atom. The van der Waals surface area contributed by atoms with Crippen molar-refractivity contribution in [3.63, 3.8) is 0 Å². The van der Waals surface area contributed by atoms with Crippen molar-refractivity contribution >= 4 is 11.8 Å². The van der Waals surface area contributed by atoms with E-state index in [4.69, 9.17) is 14.2 Å². The first-order chi connectivity index (χ1) is 12.2. The number of thioether (sulfide) groups is 1. The lowest BCUT2D eigenvalue weighted by atomic mass is 10.0. The average molecular weight is 356 g/mol. The lowest BCUT2D eigenvalue weighted by molar-refractivity contribution is -0.277. The monoisotopic (exact) mass is 356 g/mol. The Morgan fingerprint density at radius 2 is 1.80 bits per heavy atom. The molecule has 5 heteroatoms. The molecular formula is C20H20O4S. The summed E-state index contributed by atoms with van der Waals surface area (Å²) in [6, 6.07) is 17.9. The van der Waals surface area contributed by atoms with Crippen LogP contribution in [0.1, 0.15) is 17.4 Å². The summed E-state index contributed by atoms with van der Waals surface area (Å²) in [6.07, 6.45) is -0.213. The molecule has 0 spiro atoms. The van der Waals surface area contributed by atoms with E-state index < -0.39 is 18.5 Å². The van der Waals surface area contributed by atoms with Gasteiger partial charge in [0.15, 0.2) is 17.5 Å². The molecule has 0 amide bonds. The number of aryl methyl sites for hydroxylation is 1. The molecule has 0 bridgehead atoms. The quantitative estimate of drug-likeness (QED) is 0.906. The van der Waals surface area contributed by atoms with Crippen LogP contribution in [-0.4, -0.2) is 30.0 Å². The van der Waals surface area contributed by atoms with Crippen LogP contribution in [0.4, 0.5) is 0 Å². The second-order valence-electron chi connectivity index (χ2n) is 6.22. The molecule has 4 nitrogen and oxygen atoms in total. The van der Waals surface area contributed by atoms with Gasteiger partial charge in [-0.3, -0.25) is 0 Å². The Hall–Kier alpha value is -1.79. The molecule has 0 radical (unpaired) electrons. The molecule has 0 aliphatic carbocycles. The van der Waals surface area contributed by atoms with Crippen molar-refractivity contribution in [2.24, 2.45) is 0 Å². The SMILES string of the molecule is Cc1ccc(SC2=CC(O)C3OC(c4ccccc4)OCC3O2)cc1. The van der Waals surface area contributed by atoms with E-state index in [-0.39, 0.29) is 6.10 Å². The van der Waals surface area contributed by atoms with E-state index in [0.29, 0.717) is 11.7 Å². The van der Waals surface area contributed by atoms with Gasteiger partial charge in [0.05, 0.1) is 6.61 Å². The smallest absolute Gasteiger partial charge is 0.184 e. The summed E-state index contributed by atoms with van der Waals surface area (Å²) in [7, 11) is 0. The maximum Gasteiger partial charge on any atom is 0.184 e. The molecule has 4 unspecified atom stereocenters. The maximum atomic E-state index is 10.5. The van der Waals surface area contributed by atoms with Gasteiger partial charge in [-0.15, -0.1) is 0 Å². The van der Waals surface area contributed by atoms with Crippen molar-refractivity contribution in [2.75, 3.05) is 6.61 Å². The third-order valence-electron chi connectivity index (χ3n) is 4.28. The van der Waals surface area contributed by atoms with Gasteiger partial charge in [0.2, 0.25) is 0 Å². The number of fused-ring (bicyclic) bond motifs is 1. The molecule has 1 saturated heterocycles. The van der Waals surface area contributed by atoms with Crippen LogP contribution in [0.15, 0.2) is 70.7 Å². The van der Waals surface area contributed by atoms with Crippen molar-refractivity contribution in [3.8, 4) is 0 Å². The molecule has 2 aliphatic rings. The first kappa shape index (κ1) is 16.7. The van der Waals surface area contributed by atoms with Crippen molar-refractivity contribution in [3.05, 3.63) is 76.9 Å². The number of rotatable bonds is 3. The van der Waals surface area contributed by atoms with Gasteiger partial charge in [-0.05, 0) is 25.1 Å². The van der Waals surface area contributed by atoms with Gasteiger partial charge in [0.25, 0.3) is 0 Å². The van der Waals surface area contributed by atoms with Crippen LogP contribution >= 0.6 is 11.8 Å². The van der Waals surface area contributed by atoms with Crippen LogP contribution in [0, 0.1) is 6.92 Å². The van der Waals surface area contributed by atoms with Crippen LogP contribution in [0.25, 0.3) is 0 Å². The van der Waals surface area contributed by atoms with Gasteiger partial charge >= 0.3 is 0 Å². The van der Waals surface area contributed by atoms with E-state index in [9.17, 15) is 5.11 Å². The second-order valence-corrected chi connectivity index (χ2v) is 7.30. The molecule has 0 saturated carbocycles. The topological polar surface area (TPSA) is 47.9 Å². The van der Waals surface area contributed by atoms with Crippen LogP contribution in [-0.2, 0) is 14.2 Å². The van der Waals surface area contributed by atoms with Crippen LogP contribution in [0.3, 0.4) is 0 Å². The largest absolute Gasteiger partial charge is 0.479 e. The minimum Gasteiger partial charge on any atom is -0.479 e. The van der Waals surface area contributed by atoms with Crippen molar-refractivity contribution in [2.45, 2.75) is 36.4 Å². The number of aliphatic hydroxyl groups excluding tert-OH is 1. The lowest BCUT2D eigenvalue weighted by Crippen LogP contribution is -2.50. The molecule has 1 fully saturated rings. The highest BCUT2D eigenvalue weighted by atomic mass is 32.2. The summed E-state index contributed by atoms with van der Waals surface area (Å²) >= 11 is 1.50. The molecule has 25 heavy (non-hydrogen) atoms. The van der Waals surface area contributed by atoms with Crippen LogP contribution in [0.2, 0.25) is 0 Å². The summed E-state index contributed by atoms with van der Waals surface area (Å²) in [6.45, 7) is 2.44. The number of hydrogen-bond donors (Lipinski definition) is 1. The highest BCUT2D eigenvalue weighted by Crippen LogP contribution is 2.37. The number of hydrogen-bond acceptors (Lipinski definition) is 5. The van der Waals surface area contributed by atoms with Crippen molar-refractivity contribution in [1.29, 1.82) is 0 Å². The van der Waals surface area contributed by atoms with E-state index in [1.165, 1.54) is 17.3 Å². The highest BCUT2D eigenvalue weighted by molar-refractivity contribution is 8.02. The zero-order valence-corrected chi connectivity index (χ0v) is 14.7. The number of aliphatic hydroxyl groups is 1. The molecule has 2 heterocycles. The lowest BCUT2D eigenvalue weighted by Gasteiger charge is -2.41. The molecule has 4 rings (SSSR count). The Labute approximate surface area is 151 Å². The molecule has 1 N–H and O–H groups in total. The van der Waals surface area contributed by atoms with Gasteiger partial charge in [-0.2, -0.15) is 0 Å². The predicted octanol–water partition coefficient (Wildman–Crippen LogP) is 3.80. The summed E-state index contributed by atoms with van der Waals surface area (Å²) in [5.41, 5.74) is 2.15. The third-order valence-corrected chi connectivity index (χ3v) is 5.22. The molecular weight excluding hydrogens is 336 g/mol. The van der Waals surface area contributed by atoms with E-state index in [0.717, 1.165) is 10.5 Å². The molecule has 2 aromatic rings. The predicted molar refractivity (Wildman–Crippen MR) is 96.0 cm³/mol. The van der Waals surface area contributed by atoms with Gasteiger partial charge in [-0.1, -0.05) is 59.8 Å². The fraction of sp³-hybridized carbons (Fsp3) is 0.300. The fourth-order valence-corrected chi connectivity index (χ4v) is 3.82. The number of ether oxygens (including phenoxy) is 3. The zero-order valence-electron chi connectivity index (χ0n) is 13.9. The third kappa shape index (κ3) is 3.75. The summed E-state index contributed by atoms with van der Waals surface area (Å²) in [5.74, 6) is 0. The molecule has 130 valence electrons. The Kier molecular flexibility index (Phi) is 4.81. The van der Waals surface area contributed by atoms with E-state index in [2.05, 4.69) is 19.1 Å². The maximum absolute atomic E-state index is 10.5. The fourth-order valence-electron chi connectivity index (χ4n) is 2.94. The highest BCUT2D eigenvalue weighted by Gasteiger charge is 2.41. The van der Waals surface area contributed by atoms with Crippen LogP contribution in [0.5, 0.6) is 0 Å². The second kappa shape index (κ2) is 7.22. The van der Waals surface area contributed by atoms with Gasteiger partial charge < -0.3 is 19.3 Å². The minimum atomic E-state index is -0.721. The van der Waals surface area contributed by atoms with E-state index >= 15 is 0 Å². The van der Waals surface area contributed by atoms with E-state index in [1.54, 1.807) is 6.08 Å². The average Bonchev–Trinajstić information content (AvgIpc) is 2.64. The molecule has 2 aromatic carbocycles. The number of benzene rings is 2. The standard InChI is InChI=1S/C20H20O4S/c1-13-7-9-15(10-8-13)25-18-11-16(21)19-17(23-18)12-22-20(24-19)14-5-3-2-4-6-14/h2-11,16-17,19-21H,12H2,1H3. The van der Waals surface area contributed by atoms with Gasteiger partial charge in [0.1, 0.15) is 12.2 Å². The van der Waals surface area contributed by atoms with Crippen LogP contribution < -0.4 is 0 Å². The van der Waals surface area contributed by atoms with Gasteiger partial charge in [0, 0.05) is 10.5 Å². The Morgan fingerprint density at radius 1 is 1.04 bits per heavy atom. The van der Waals surface area contributed by atoms with Crippen molar-refractivity contribution in [1.82, 2.24) is 0 Å². The summed E-state index contributed by atoms with van der Waals surface area (Å²) in [5, 5.41) is 11.2. The summed E-state index contributed by atoms with van der Waals surface area (Å²) < 4.78 is 17.7. The van der Waals surface area contributed by atoms with Gasteiger partial charge in [-0.25, -0.2) is 0 Å². The Balaban J connectivity index is 1.46.